The van der Waals surface area contributed by atoms with Crippen molar-refractivity contribution in [3.05, 3.63) is 12.7 Å². The van der Waals surface area contributed by atoms with Gasteiger partial charge in [0.25, 0.3) is 0 Å². The van der Waals surface area contributed by atoms with Crippen molar-refractivity contribution in [1.82, 2.24) is 10.6 Å². The molecule has 0 aliphatic rings. The van der Waals surface area contributed by atoms with Gasteiger partial charge in [-0.3, -0.25) is 4.79 Å². The number of amides is 1. The summed E-state index contributed by atoms with van der Waals surface area (Å²) in [5, 5.41) is 14.6. The van der Waals surface area contributed by atoms with Gasteiger partial charge in [0.05, 0.1) is 6.54 Å². The van der Waals surface area contributed by atoms with Gasteiger partial charge in [-0.05, 0) is 18.3 Å². The summed E-state index contributed by atoms with van der Waals surface area (Å²) >= 11 is 0. The molecule has 0 unspecified atom stereocenters. The molecule has 0 heterocycles. The van der Waals surface area contributed by atoms with Crippen LogP contribution in [0.5, 0.6) is 0 Å². The van der Waals surface area contributed by atoms with Gasteiger partial charge in [0, 0.05) is 19.7 Å². The first kappa shape index (κ1) is 15.1. The van der Waals surface area contributed by atoms with Crippen LogP contribution in [0.4, 0.5) is 0 Å². The van der Waals surface area contributed by atoms with Crippen LogP contribution < -0.4 is 10.6 Å². The molecule has 0 atom stereocenters. The molecule has 0 bridgehead atoms. The molecule has 1 amide bonds. The molecule has 4 heteroatoms. The first-order valence-electron chi connectivity index (χ1n) is 5.71. The SMILES string of the molecule is C=CCNCC(=O)NCC(C)(C)CCCO. The lowest BCUT2D eigenvalue weighted by atomic mass is 9.88. The summed E-state index contributed by atoms with van der Waals surface area (Å²) < 4.78 is 0. The van der Waals surface area contributed by atoms with Crippen molar-refractivity contribution >= 4 is 5.91 Å². The largest absolute Gasteiger partial charge is 0.396 e. The van der Waals surface area contributed by atoms with Crippen molar-refractivity contribution in [3.63, 3.8) is 0 Å². The van der Waals surface area contributed by atoms with Crippen LogP contribution in [0.25, 0.3) is 0 Å². The van der Waals surface area contributed by atoms with E-state index >= 15 is 0 Å². The Morgan fingerprint density at radius 2 is 2.19 bits per heavy atom. The predicted octanol–water partition coefficient (Wildman–Crippen LogP) is 0.677. The highest BCUT2D eigenvalue weighted by molar-refractivity contribution is 5.78. The molecule has 0 fully saturated rings. The second kappa shape index (κ2) is 8.30. The van der Waals surface area contributed by atoms with Gasteiger partial charge >= 0.3 is 0 Å². The van der Waals surface area contributed by atoms with Crippen LogP contribution in [0.3, 0.4) is 0 Å². The Bertz CT molecular complexity index is 215. The minimum absolute atomic E-state index is 0.000997. The van der Waals surface area contributed by atoms with Crippen LogP contribution >= 0.6 is 0 Å². The molecule has 0 aliphatic heterocycles. The topological polar surface area (TPSA) is 61.4 Å². The molecule has 0 saturated heterocycles. The van der Waals surface area contributed by atoms with E-state index in [0.29, 0.717) is 19.6 Å². The van der Waals surface area contributed by atoms with E-state index in [0.717, 1.165) is 12.8 Å². The maximum atomic E-state index is 11.4. The molecule has 0 spiro atoms. The molecule has 94 valence electrons. The molecule has 16 heavy (non-hydrogen) atoms. The zero-order chi connectivity index (χ0) is 12.4. The van der Waals surface area contributed by atoms with Gasteiger partial charge in [-0.2, -0.15) is 0 Å². The summed E-state index contributed by atoms with van der Waals surface area (Å²) in [6, 6.07) is 0. The van der Waals surface area contributed by atoms with Crippen molar-refractivity contribution in [2.24, 2.45) is 5.41 Å². The Kier molecular flexibility index (Phi) is 7.85. The zero-order valence-corrected chi connectivity index (χ0v) is 10.4. The van der Waals surface area contributed by atoms with Crippen LogP contribution in [-0.2, 0) is 4.79 Å². The van der Waals surface area contributed by atoms with Gasteiger partial charge in [0.15, 0.2) is 0 Å². The van der Waals surface area contributed by atoms with Crippen molar-refractivity contribution in [1.29, 1.82) is 0 Å². The molecular formula is C12H24N2O2. The van der Waals surface area contributed by atoms with Gasteiger partial charge in [-0.1, -0.05) is 19.9 Å². The van der Waals surface area contributed by atoms with E-state index < -0.39 is 0 Å². The summed E-state index contributed by atoms with van der Waals surface area (Å²) in [6.07, 6.45) is 3.40. The Morgan fingerprint density at radius 1 is 1.50 bits per heavy atom. The lowest BCUT2D eigenvalue weighted by Crippen LogP contribution is -2.39. The van der Waals surface area contributed by atoms with Crippen LogP contribution in [0.15, 0.2) is 12.7 Å². The fourth-order valence-electron chi connectivity index (χ4n) is 1.33. The molecule has 0 aliphatic carbocycles. The summed E-state index contributed by atoms with van der Waals surface area (Å²) in [5.41, 5.74) is 0.0385. The van der Waals surface area contributed by atoms with Crippen LogP contribution in [0, 0.1) is 5.41 Å². The van der Waals surface area contributed by atoms with E-state index in [1.54, 1.807) is 6.08 Å². The maximum Gasteiger partial charge on any atom is 0.233 e. The third kappa shape index (κ3) is 8.44. The monoisotopic (exact) mass is 228 g/mol. The van der Waals surface area contributed by atoms with Gasteiger partial charge in [0.1, 0.15) is 0 Å². The summed E-state index contributed by atoms with van der Waals surface area (Å²) in [6.45, 7) is 9.53. The number of aliphatic hydroxyl groups excluding tert-OH is 1. The van der Waals surface area contributed by atoms with Crippen molar-refractivity contribution in [3.8, 4) is 0 Å². The second-order valence-corrected chi connectivity index (χ2v) is 4.69. The highest BCUT2D eigenvalue weighted by Crippen LogP contribution is 2.20. The standard InChI is InChI=1S/C12H24N2O2/c1-4-7-13-9-11(16)14-10-12(2,3)6-5-8-15/h4,13,15H,1,5-10H2,2-3H3,(H,14,16). The van der Waals surface area contributed by atoms with Crippen LogP contribution in [0.2, 0.25) is 0 Å². The van der Waals surface area contributed by atoms with Crippen LogP contribution in [0.1, 0.15) is 26.7 Å². The molecule has 0 rings (SSSR count). The third-order valence-electron chi connectivity index (χ3n) is 2.35. The molecule has 0 aromatic rings. The normalized spacial score (nSPS) is 11.2. The minimum Gasteiger partial charge on any atom is -0.396 e. The molecule has 4 nitrogen and oxygen atoms in total. The highest BCUT2D eigenvalue weighted by Gasteiger charge is 2.17. The average Bonchev–Trinajstić information content (AvgIpc) is 2.24. The number of hydrogen-bond donors (Lipinski definition) is 3. The van der Waals surface area contributed by atoms with E-state index in [9.17, 15) is 4.79 Å². The first-order chi connectivity index (χ1) is 7.52. The Labute approximate surface area is 98.1 Å². The van der Waals surface area contributed by atoms with Gasteiger partial charge in [-0.15, -0.1) is 6.58 Å². The lowest BCUT2D eigenvalue weighted by Gasteiger charge is -2.24. The predicted molar refractivity (Wildman–Crippen MR) is 66.2 cm³/mol. The number of rotatable bonds is 9. The van der Waals surface area contributed by atoms with Crippen molar-refractivity contribution in [2.45, 2.75) is 26.7 Å². The van der Waals surface area contributed by atoms with E-state index in [1.807, 2.05) is 0 Å². The Hall–Kier alpha value is -0.870. The maximum absolute atomic E-state index is 11.4. The fourth-order valence-corrected chi connectivity index (χ4v) is 1.33. The number of nitrogens with one attached hydrogen (secondary N) is 2. The molecular weight excluding hydrogens is 204 g/mol. The number of carbonyl (C=O) groups excluding carboxylic acids is 1. The lowest BCUT2D eigenvalue weighted by molar-refractivity contribution is -0.120. The minimum atomic E-state index is -0.000997. The quantitative estimate of drug-likeness (QED) is 0.402. The number of aliphatic hydroxyl groups is 1. The summed E-state index contributed by atoms with van der Waals surface area (Å²) in [5.74, 6) is -0.000997. The molecule has 3 N–H and O–H groups in total. The zero-order valence-electron chi connectivity index (χ0n) is 10.4. The van der Waals surface area contributed by atoms with E-state index in [4.69, 9.17) is 5.11 Å². The molecule has 0 radical (unpaired) electrons. The Balaban J connectivity index is 3.67. The van der Waals surface area contributed by atoms with Gasteiger partial charge < -0.3 is 15.7 Å². The molecule has 0 aromatic carbocycles. The third-order valence-corrected chi connectivity index (χ3v) is 2.35. The Morgan fingerprint density at radius 3 is 2.75 bits per heavy atom. The first-order valence-corrected chi connectivity index (χ1v) is 5.71. The average molecular weight is 228 g/mol. The number of carbonyl (C=O) groups is 1. The van der Waals surface area contributed by atoms with E-state index in [-0.39, 0.29) is 17.9 Å². The van der Waals surface area contributed by atoms with Gasteiger partial charge in [-0.25, -0.2) is 0 Å². The van der Waals surface area contributed by atoms with Crippen LogP contribution in [-0.4, -0.2) is 37.3 Å². The smallest absolute Gasteiger partial charge is 0.233 e. The van der Waals surface area contributed by atoms with E-state index in [1.165, 1.54) is 0 Å². The second-order valence-electron chi connectivity index (χ2n) is 4.69. The summed E-state index contributed by atoms with van der Waals surface area (Å²) in [4.78, 5) is 11.4. The van der Waals surface area contributed by atoms with E-state index in [2.05, 4.69) is 31.1 Å². The highest BCUT2D eigenvalue weighted by atomic mass is 16.2. The summed E-state index contributed by atoms with van der Waals surface area (Å²) in [7, 11) is 0. The molecule has 0 saturated carbocycles. The van der Waals surface area contributed by atoms with Gasteiger partial charge in [0.2, 0.25) is 5.91 Å². The van der Waals surface area contributed by atoms with Crippen molar-refractivity contribution in [2.75, 3.05) is 26.2 Å². The molecule has 0 aromatic heterocycles. The fraction of sp³-hybridized carbons (Fsp3) is 0.750. The van der Waals surface area contributed by atoms with Crippen molar-refractivity contribution < 1.29 is 9.90 Å². The number of hydrogen-bond acceptors (Lipinski definition) is 3.